The fraction of sp³-hybridized carbons (Fsp3) is 0.556. The number of anilines is 1. The minimum Gasteiger partial charge on any atom is -0.497 e. The molecule has 0 bridgehead atoms. The van der Waals surface area contributed by atoms with E-state index in [9.17, 15) is 9.59 Å². The number of carbonyl (C=O) groups is 2. The van der Waals surface area contributed by atoms with Gasteiger partial charge in [0.2, 0.25) is 5.91 Å². The van der Waals surface area contributed by atoms with E-state index in [4.69, 9.17) is 14.2 Å². The van der Waals surface area contributed by atoms with Crippen LogP contribution in [0.5, 0.6) is 11.5 Å². The second-order valence-corrected chi connectivity index (χ2v) is 6.02. The van der Waals surface area contributed by atoms with E-state index in [1.54, 1.807) is 44.2 Å². The maximum absolute atomic E-state index is 12.4. The van der Waals surface area contributed by atoms with Crippen molar-refractivity contribution in [2.75, 3.05) is 45.8 Å². The molecule has 140 valence electrons. The van der Waals surface area contributed by atoms with Gasteiger partial charge in [-0.25, -0.2) is 0 Å². The van der Waals surface area contributed by atoms with Gasteiger partial charge >= 0.3 is 5.97 Å². The van der Waals surface area contributed by atoms with Crippen molar-refractivity contribution in [2.24, 2.45) is 5.92 Å². The molecule has 0 aliphatic carbocycles. The Balaban J connectivity index is 2.74. The van der Waals surface area contributed by atoms with Gasteiger partial charge in [0.05, 0.1) is 33.9 Å². The molecule has 7 nitrogen and oxygen atoms in total. The van der Waals surface area contributed by atoms with Crippen LogP contribution in [0, 0.1) is 5.92 Å². The van der Waals surface area contributed by atoms with Gasteiger partial charge in [0.25, 0.3) is 0 Å². The lowest BCUT2D eigenvalue weighted by Crippen LogP contribution is -2.39. The predicted molar refractivity (Wildman–Crippen MR) is 96.1 cm³/mol. The molecule has 0 aromatic heterocycles. The second-order valence-electron chi connectivity index (χ2n) is 6.02. The fourth-order valence-corrected chi connectivity index (χ4v) is 2.37. The molecule has 1 aromatic carbocycles. The van der Waals surface area contributed by atoms with Crippen molar-refractivity contribution in [3.8, 4) is 11.5 Å². The quantitative estimate of drug-likeness (QED) is 0.650. The summed E-state index contributed by atoms with van der Waals surface area (Å²) in [4.78, 5) is 25.8. The molecule has 1 N–H and O–H groups in total. The average molecular weight is 352 g/mol. The highest BCUT2D eigenvalue weighted by Crippen LogP contribution is 2.25. The molecule has 0 saturated carbocycles. The highest BCUT2D eigenvalue weighted by atomic mass is 16.5. The van der Waals surface area contributed by atoms with Crippen LogP contribution in [-0.4, -0.2) is 57.2 Å². The minimum atomic E-state index is -0.334. The summed E-state index contributed by atoms with van der Waals surface area (Å²) in [6, 6.07) is 5.14. The number of nitrogens with zero attached hydrogens (tertiary/aromatic N) is 1. The molecule has 0 heterocycles. The van der Waals surface area contributed by atoms with Crippen molar-refractivity contribution in [3.05, 3.63) is 18.2 Å². The van der Waals surface area contributed by atoms with Gasteiger partial charge in [0.15, 0.2) is 0 Å². The Hall–Kier alpha value is -2.28. The summed E-state index contributed by atoms with van der Waals surface area (Å²) in [5.41, 5.74) is 0.571. The predicted octanol–water partition coefficient (Wildman–Crippen LogP) is 2.16. The van der Waals surface area contributed by atoms with Crippen molar-refractivity contribution in [1.29, 1.82) is 0 Å². The van der Waals surface area contributed by atoms with Crippen molar-refractivity contribution < 1.29 is 23.8 Å². The molecule has 0 aliphatic heterocycles. The summed E-state index contributed by atoms with van der Waals surface area (Å²) in [5, 5.41) is 2.81. The first kappa shape index (κ1) is 20.8. The van der Waals surface area contributed by atoms with Gasteiger partial charge in [-0.1, -0.05) is 13.8 Å². The number of ether oxygens (including phenoxy) is 3. The van der Waals surface area contributed by atoms with Gasteiger partial charge in [-0.05, 0) is 12.8 Å². The molecule has 0 radical (unpaired) electrons. The highest BCUT2D eigenvalue weighted by molar-refractivity contribution is 5.93. The third-order valence-corrected chi connectivity index (χ3v) is 3.28. The number of esters is 1. The minimum absolute atomic E-state index is 0.0842. The summed E-state index contributed by atoms with van der Waals surface area (Å²) in [6.45, 7) is 6.94. The largest absolute Gasteiger partial charge is 0.497 e. The zero-order chi connectivity index (χ0) is 18.8. The number of carbonyl (C=O) groups excluding carboxylic acids is 2. The Kier molecular flexibility index (Phi) is 8.77. The van der Waals surface area contributed by atoms with Crippen LogP contribution in [0.1, 0.15) is 20.8 Å². The van der Waals surface area contributed by atoms with Crippen LogP contribution in [-0.2, 0) is 14.3 Å². The maximum Gasteiger partial charge on any atom is 0.320 e. The summed E-state index contributed by atoms with van der Waals surface area (Å²) in [6.07, 6.45) is 0. The second kappa shape index (κ2) is 10.6. The van der Waals surface area contributed by atoms with Gasteiger partial charge < -0.3 is 19.5 Å². The molecule has 0 atom stereocenters. The van der Waals surface area contributed by atoms with E-state index in [2.05, 4.69) is 5.32 Å². The first-order valence-electron chi connectivity index (χ1n) is 8.28. The van der Waals surface area contributed by atoms with E-state index in [0.717, 1.165) is 0 Å². The first-order chi connectivity index (χ1) is 11.9. The molecule has 0 saturated heterocycles. The zero-order valence-corrected chi connectivity index (χ0v) is 15.6. The first-order valence-corrected chi connectivity index (χ1v) is 8.28. The van der Waals surface area contributed by atoms with Gasteiger partial charge in [-0.3, -0.25) is 14.5 Å². The van der Waals surface area contributed by atoms with Crippen LogP contribution in [0.3, 0.4) is 0 Å². The lowest BCUT2D eigenvalue weighted by molar-refractivity contribution is -0.144. The molecule has 1 aromatic rings. The summed E-state index contributed by atoms with van der Waals surface area (Å²) in [5.74, 6) is 0.929. The highest BCUT2D eigenvalue weighted by Gasteiger charge is 2.17. The SMILES string of the molecule is CCOC(=O)CN(CC(=O)Nc1cc(OC)cc(OC)c1)CC(C)C. The molecule has 0 spiro atoms. The number of rotatable bonds is 10. The Labute approximate surface area is 149 Å². The van der Waals surface area contributed by atoms with Crippen molar-refractivity contribution >= 4 is 17.6 Å². The Bertz CT molecular complexity index is 552. The number of amides is 1. The zero-order valence-electron chi connectivity index (χ0n) is 15.6. The molecular weight excluding hydrogens is 324 g/mol. The van der Waals surface area contributed by atoms with Crippen LogP contribution in [0.15, 0.2) is 18.2 Å². The van der Waals surface area contributed by atoms with Crippen molar-refractivity contribution in [2.45, 2.75) is 20.8 Å². The summed E-state index contributed by atoms with van der Waals surface area (Å²) in [7, 11) is 3.09. The number of hydrogen-bond donors (Lipinski definition) is 1. The number of nitrogens with one attached hydrogen (secondary N) is 1. The number of benzene rings is 1. The fourth-order valence-electron chi connectivity index (χ4n) is 2.37. The van der Waals surface area contributed by atoms with Crippen LogP contribution < -0.4 is 14.8 Å². The van der Waals surface area contributed by atoms with Gasteiger partial charge in [0, 0.05) is 30.4 Å². The van der Waals surface area contributed by atoms with Crippen molar-refractivity contribution in [1.82, 2.24) is 4.90 Å². The van der Waals surface area contributed by atoms with E-state index in [-0.39, 0.29) is 25.0 Å². The normalized spacial score (nSPS) is 10.7. The average Bonchev–Trinajstić information content (AvgIpc) is 2.53. The van der Waals surface area contributed by atoms with E-state index in [0.29, 0.717) is 36.3 Å². The number of methoxy groups -OCH3 is 2. The number of hydrogen-bond acceptors (Lipinski definition) is 6. The molecule has 0 aliphatic rings. The van der Waals surface area contributed by atoms with Gasteiger partial charge in [-0.15, -0.1) is 0 Å². The molecule has 0 unspecified atom stereocenters. The molecule has 25 heavy (non-hydrogen) atoms. The monoisotopic (exact) mass is 352 g/mol. The van der Waals surface area contributed by atoms with Gasteiger partial charge in [0.1, 0.15) is 11.5 Å². The van der Waals surface area contributed by atoms with E-state index in [1.165, 1.54) is 0 Å². The van der Waals surface area contributed by atoms with Crippen LogP contribution >= 0.6 is 0 Å². The van der Waals surface area contributed by atoms with E-state index < -0.39 is 0 Å². The third kappa shape index (κ3) is 7.89. The van der Waals surface area contributed by atoms with Crippen LogP contribution in [0.25, 0.3) is 0 Å². The Morgan fingerprint density at radius 2 is 1.68 bits per heavy atom. The molecule has 7 heteroatoms. The Morgan fingerprint density at radius 1 is 1.08 bits per heavy atom. The van der Waals surface area contributed by atoms with Gasteiger partial charge in [-0.2, -0.15) is 0 Å². The molecule has 1 amide bonds. The Morgan fingerprint density at radius 3 is 2.16 bits per heavy atom. The van der Waals surface area contributed by atoms with Crippen molar-refractivity contribution in [3.63, 3.8) is 0 Å². The standard InChI is InChI=1S/C18H28N2O5/c1-6-25-18(22)12-20(10-13(2)3)11-17(21)19-14-7-15(23-4)9-16(8-14)24-5/h7-9,13H,6,10-12H2,1-5H3,(H,19,21). The summed E-state index contributed by atoms with van der Waals surface area (Å²) < 4.78 is 15.3. The van der Waals surface area contributed by atoms with E-state index >= 15 is 0 Å². The lowest BCUT2D eigenvalue weighted by atomic mass is 10.2. The molecule has 0 fully saturated rings. The van der Waals surface area contributed by atoms with E-state index in [1.807, 2.05) is 13.8 Å². The lowest BCUT2D eigenvalue weighted by Gasteiger charge is -2.22. The van der Waals surface area contributed by atoms with Crippen LogP contribution in [0.2, 0.25) is 0 Å². The topological polar surface area (TPSA) is 77.1 Å². The molecular formula is C18H28N2O5. The molecule has 1 rings (SSSR count). The summed E-state index contributed by atoms with van der Waals surface area (Å²) >= 11 is 0. The van der Waals surface area contributed by atoms with Crippen LogP contribution in [0.4, 0.5) is 5.69 Å². The third-order valence-electron chi connectivity index (χ3n) is 3.28. The smallest absolute Gasteiger partial charge is 0.320 e. The maximum atomic E-state index is 12.4.